The third-order valence-electron chi connectivity index (χ3n) is 7.60. The van der Waals surface area contributed by atoms with Crippen LogP contribution in [-0.2, 0) is 16.7 Å². The number of rotatable bonds is 15. The number of benzene rings is 2. The molecule has 4 aromatic rings. The molecule has 0 aliphatic carbocycles. The zero-order valence-corrected chi connectivity index (χ0v) is 28.0. The van der Waals surface area contributed by atoms with Gasteiger partial charge in [-0.25, -0.2) is 0 Å². The topological polar surface area (TPSA) is 138 Å². The molecule has 0 fully saturated rings. The van der Waals surface area contributed by atoms with Gasteiger partial charge in [-0.15, -0.1) is 11.3 Å². The lowest BCUT2D eigenvalue weighted by Gasteiger charge is -2.19. The van der Waals surface area contributed by atoms with Gasteiger partial charge in [0.25, 0.3) is 5.91 Å². The van der Waals surface area contributed by atoms with Gasteiger partial charge >= 0.3 is 0 Å². The maximum absolute atomic E-state index is 12.8. The summed E-state index contributed by atoms with van der Waals surface area (Å²) in [5, 5.41) is 24.3. The van der Waals surface area contributed by atoms with Crippen molar-refractivity contribution in [3.8, 4) is 16.2 Å². The number of ether oxygens (including phenoxy) is 1. The Hall–Kier alpha value is -4.51. The second-order valence-electron chi connectivity index (χ2n) is 12.2. The molecule has 47 heavy (non-hydrogen) atoms. The Kier molecular flexibility index (Phi) is 12.3. The van der Waals surface area contributed by atoms with E-state index < -0.39 is 5.91 Å². The van der Waals surface area contributed by atoms with E-state index >= 15 is 0 Å². The number of thiophene rings is 1. The van der Waals surface area contributed by atoms with Crippen molar-refractivity contribution in [2.75, 3.05) is 26.4 Å². The van der Waals surface area contributed by atoms with E-state index in [0.717, 1.165) is 16.0 Å². The first kappa shape index (κ1) is 35.3. The SMILES string of the molecule is CC(=NCC(=O)c1ccc(C(=O)NCc2ccc(C(=O)CCCOCCO)cc2)nc1)c1csc(-c2ccc(C(C)(C)C)cc2)c1O. The first-order chi connectivity index (χ1) is 22.5. The zero-order valence-electron chi connectivity index (χ0n) is 27.2. The maximum atomic E-state index is 12.8. The average Bonchev–Trinajstić information content (AvgIpc) is 3.46. The van der Waals surface area contributed by atoms with Crippen LogP contribution in [0.5, 0.6) is 5.75 Å². The molecular weight excluding hydrogens is 614 g/mol. The van der Waals surface area contributed by atoms with Crippen LogP contribution in [0.25, 0.3) is 10.4 Å². The number of pyridine rings is 1. The zero-order chi connectivity index (χ0) is 34.0. The fraction of sp³-hybridized carbons (Fsp3) is 0.324. The van der Waals surface area contributed by atoms with E-state index in [1.807, 2.05) is 17.5 Å². The first-order valence-corrected chi connectivity index (χ1v) is 16.4. The second kappa shape index (κ2) is 16.4. The molecule has 2 heterocycles. The van der Waals surface area contributed by atoms with E-state index in [4.69, 9.17) is 9.84 Å². The predicted octanol–water partition coefficient (Wildman–Crippen LogP) is 6.41. The van der Waals surface area contributed by atoms with Crippen LogP contribution in [0.1, 0.15) is 88.4 Å². The third-order valence-corrected chi connectivity index (χ3v) is 8.62. The summed E-state index contributed by atoms with van der Waals surface area (Å²) in [6.45, 7) is 9.00. The minimum absolute atomic E-state index is 0.00409. The van der Waals surface area contributed by atoms with Gasteiger partial charge in [0.2, 0.25) is 0 Å². The number of hydrogen-bond donors (Lipinski definition) is 3. The minimum Gasteiger partial charge on any atom is -0.506 e. The Balaban J connectivity index is 1.27. The van der Waals surface area contributed by atoms with E-state index in [9.17, 15) is 19.5 Å². The van der Waals surface area contributed by atoms with Crippen molar-refractivity contribution in [3.63, 3.8) is 0 Å². The number of Topliss-reactive ketones (excluding diaryl/α,β-unsaturated/α-hetero) is 2. The summed E-state index contributed by atoms with van der Waals surface area (Å²) in [5.74, 6) is -0.503. The Morgan fingerprint density at radius 2 is 1.64 bits per heavy atom. The van der Waals surface area contributed by atoms with Gasteiger partial charge in [-0.2, -0.15) is 0 Å². The minimum atomic E-state index is -0.391. The highest BCUT2D eigenvalue weighted by Gasteiger charge is 2.18. The van der Waals surface area contributed by atoms with Gasteiger partial charge in [0.15, 0.2) is 11.6 Å². The molecule has 2 aromatic heterocycles. The molecular formula is C37H41N3O6S. The highest BCUT2D eigenvalue weighted by molar-refractivity contribution is 7.14. The summed E-state index contributed by atoms with van der Waals surface area (Å²) in [6, 6.07) is 18.2. The molecule has 0 saturated heterocycles. The molecule has 9 nitrogen and oxygen atoms in total. The van der Waals surface area contributed by atoms with Crippen LogP contribution in [0.4, 0.5) is 0 Å². The molecule has 1 amide bonds. The number of aliphatic imine (C=N–C) groups is 1. The van der Waals surface area contributed by atoms with E-state index in [0.29, 0.717) is 41.9 Å². The van der Waals surface area contributed by atoms with Crippen LogP contribution in [-0.4, -0.2) is 64.7 Å². The lowest BCUT2D eigenvalue weighted by atomic mass is 9.86. The maximum Gasteiger partial charge on any atom is 0.270 e. The van der Waals surface area contributed by atoms with Crippen LogP contribution in [0.15, 0.2) is 77.2 Å². The van der Waals surface area contributed by atoms with Gasteiger partial charge in [-0.1, -0.05) is 69.3 Å². The first-order valence-electron chi connectivity index (χ1n) is 15.5. The number of amides is 1. The van der Waals surface area contributed by atoms with Crippen LogP contribution in [0, 0.1) is 0 Å². The fourth-order valence-electron chi connectivity index (χ4n) is 4.72. The van der Waals surface area contributed by atoms with Gasteiger partial charge in [0, 0.05) is 53.6 Å². The number of aliphatic hydroxyl groups excluding tert-OH is 1. The van der Waals surface area contributed by atoms with Crippen molar-refractivity contribution in [1.82, 2.24) is 10.3 Å². The number of carbonyl (C=O) groups excluding carboxylic acids is 3. The lowest BCUT2D eigenvalue weighted by molar-refractivity contribution is 0.0831. The average molecular weight is 656 g/mol. The standard InChI is InChI=1S/C37H41N3O6S/c1-24(30-23-47-35(34(30)44)27-11-14-29(15-12-27)37(2,3)4)38-22-33(43)28-13-16-31(39-21-28)36(45)40-20-25-7-9-26(10-8-25)32(42)6-5-18-46-19-17-41/h7-16,21,23,41,44H,5-6,17-20,22H2,1-4H3,(H,40,45). The van der Waals surface area contributed by atoms with Crippen LogP contribution >= 0.6 is 11.3 Å². The number of hydrogen-bond acceptors (Lipinski definition) is 9. The summed E-state index contributed by atoms with van der Waals surface area (Å²) < 4.78 is 5.18. The van der Waals surface area contributed by atoms with E-state index in [-0.39, 0.29) is 54.7 Å². The summed E-state index contributed by atoms with van der Waals surface area (Å²) >= 11 is 1.43. The molecule has 0 atom stereocenters. The summed E-state index contributed by atoms with van der Waals surface area (Å²) in [4.78, 5) is 47.1. The molecule has 246 valence electrons. The Bertz CT molecular complexity index is 1700. The second-order valence-corrected chi connectivity index (χ2v) is 13.0. The van der Waals surface area contributed by atoms with Gasteiger partial charge < -0.3 is 20.3 Å². The number of carbonyl (C=O) groups is 3. The van der Waals surface area contributed by atoms with Crippen molar-refractivity contribution in [3.05, 3.63) is 106 Å². The third kappa shape index (κ3) is 9.74. The lowest BCUT2D eigenvalue weighted by Crippen LogP contribution is -2.24. The van der Waals surface area contributed by atoms with Gasteiger partial charge in [-0.05, 0) is 47.6 Å². The van der Waals surface area contributed by atoms with Crippen molar-refractivity contribution in [2.24, 2.45) is 4.99 Å². The molecule has 0 aliphatic rings. The van der Waals surface area contributed by atoms with Gasteiger partial charge in [-0.3, -0.25) is 24.4 Å². The molecule has 0 spiro atoms. The molecule has 0 saturated carbocycles. The number of aromatic nitrogens is 1. The highest BCUT2D eigenvalue weighted by Crippen LogP contribution is 2.39. The number of aliphatic hydroxyl groups is 1. The summed E-state index contributed by atoms with van der Waals surface area (Å²) in [5.41, 5.74) is 5.21. The van der Waals surface area contributed by atoms with E-state index in [1.165, 1.54) is 29.2 Å². The number of aromatic hydroxyl groups is 1. The van der Waals surface area contributed by atoms with Crippen molar-refractivity contribution >= 4 is 34.5 Å². The van der Waals surface area contributed by atoms with Crippen LogP contribution < -0.4 is 5.32 Å². The monoisotopic (exact) mass is 655 g/mol. The quantitative estimate of drug-likeness (QED) is 0.0765. The van der Waals surface area contributed by atoms with Crippen LogP contribution in [0.2, 0.25) is 0 Å². The van der Waals surface area contributed by atoms with Crippen molar-refractivity contribution < 1.29 is 29.3 Å². The van der Waals surface area contributed by atoms with Crippen LogP contribution in [0.3, 0.4) is 0 Å². The molecule has 0 unspecified atom stereocenters. The predicted molar refractivity (Wildman–Crippen MR) is 185 cm³/mol. The highest BCUT2D eigenvalue weighted by atomic mass is 32.1. The number of nitrogens with zero attached hydrogens (tertiary/aromatic N) is 2. The normalized spacial score (nSPS) is 11.8. The Morgan fingerprint density at radius 3 is 2.28 bits per heavy atom. The number of nitrogens with one attached hydrogen (secondary N) is 1. The van der Waals surface area contributed by atoms with E-state index in [1.54, 1.807) is 37.3 Å². The summed E-state index contributed by atoms with van der Waals surface area (Å²) in [6.07, 6.45) is 2.29. The van der Waals surface area contributed by atoms with Crippen molar-refractivity contribution in [1.29, 1.82) is 0 Å². The van der Waals surface area contributed by atoms with Gasteiger partial charge in [0.05, 0.1) is 18.1 Å². The Labute approximate surface area is 279 Å². The summed E-state index contributed by atoms with van der Waals surface area (Å²) in [7, 11) is 0. The molecule has 10 heteroatoms. The molecule has 0 aliphatic heterocycles. The largest absolute Gasteiger partial charge is 0.506 e. The van der Waals surface area contributed by atoms with E-state index in [2.05, 4.69) is 48.2 Å². The fourth-order valence-corrected chi connectivity index (χ4v) is 5.73. The van der Waals surface area contributed by atoms with Gasteiger partial charge in [0.1, 0.15) is 18.0 Å². The Morgan fingerprint density at radius 1 is 0.936 bits per heavy atom. The molecule has 2 aromatic carbocycles. The number of ketones is 2. The molecule has 3 N–H and O–H groups in total. The molecule has 4 rings (SSSR count). The van der Waals surface area contributed by atoms with Crippen molar-refractivity contribution in [2.45, 2.75) is 52.5 Å². The molecule has 0 radical (unpaired) electrons. The molecule has 0 bridgehead atoms. The smallest absolute Gasteiger partial charge is 0.270 e.